The lowest BCUT2D eigenvalue weighted by molar-refractivity contribution is -0.147. The van der Waals surface area contributed by atoms with Gasteiger partial charge in [-0.2, -0.15) is 0 Å². The van der Waals surface area contributed by atoms with E-state index in [-0.39, 0.29) is 18.9 Å². The van der Waals surface area contributed by atoms with Gasteiger partial charge in [-0.1, -0.05) is 23.7 Å². The molecule has 1 amide bonds. The summed E-state index contributed by atoms with van der Waals surface area (Å²) in [6.07, 6.45) is 0.0859. The number of halogens is 1. The third-order valence-electron chi connectivity index (χ3n) is 3.57. The zero-order chi connectivity index (χ0) is 14.8. The van der Waals surface area contributed by atoms with Crippen LogP contribution in [0.2, 0.25) is 5.02 Å². The van der Waals surface area contributed by atoms with Gasteiger partial charge in [-0.3, -0.25) is 4.79 Å². The van der Waals surface area contributed by atoms with Crippen molar-refractivity contribution < 1.29 is 19.8 Å². The first-order valence-corrected chi connectivity index (χ1v) is 6.79. The van der Waals surface area contributed by atoms with E-state index in [0.29, 0.717) is 5.02 Å². The van der Waals surface area contributed by atoms with E-state index in [2.05, 4.69) is 5.32 Å². The van der Waals surface area contributed by atoms with Crippen LogP contribution in [-0.4, -0.2) is 34.7 Å². The lowest BCUT2D eigenvalue weighted by atomic mass is 9.95. The second kappa shape index (κ2) is 5.81. The molecule has 1 aromatic rings. The molecule has 0 aromatic heterocycles. The summed E-state index contributed by atoms with van der Waals surface area (Å²) < 4.78 is 0. The number of aliphatic hydroxyl groups is 1. The zero-order valence-electron chi connectivity index (χ0n) is 10.8. The summed E-state index contributed by atoms with van der Waals surface area (Å²) in [6, 6.07) is 7.17. The highest BCUT2D eigenvalue weighted by Crippen LogP contribution is 2.48. The molecule has 0 spiro atoms. The van der Waals surface area contributed by atoms with Crippen LogP contribution in [0.15, 0.2) is 24.3 Å². The SMILES string of the molecule is O=C(O)C(O)CCNC(=O)C1(c2ccc(Cl)cc2)CC1. The molecule has 1 aliphatic rings. The van der Waals surface area contributed by atoms with E-state index in [4.69, 9.17) is 21.8 Å². The van der Waals surface area contributed by atoms with Crippen LogP contribution in [0, 0.1) is 0 Å². The number of rotatable bonds is 6. The van der Waals surface area contributed by atoms with Gasteiger partial charge in [0, 0.05) is 18.0 Å². The number of nitrogens with one attached hydrogen (secondary N) is 1. The Balaban J connectivity index is 1.92. The summed E-state index contributed by atoms with van der Waals surface area (Å²) in [4.78, 5) is 22.7. The average Bonchev–Trinajstić information content (AvgIpc) is 3.20. The molecule has 1 aliphatic carbocycles. The molecule has 1 fully saturated rings. The van der Waals surface area contributed by atoms with Crippen molar-refractivity contribution in [3.63, 3.8) is 0 Å². The van der Waals surface area contributed by atoms with Gasteiger partial charge in [0.05, 0.1) is 5.41 Å². The Morgan fingerprint density at radius 2 is 1.90 bits per heavy atom. The number of hydrogen-bond acceptors (Lipinski definition) is 3. The Hall–Kier alpha value is -1.59. The van der Waals surface area contributed by atoms with Gasteiger partial charge in [0.2, 0.25) is 5.91 Å². The average molecular weight is 298 g/mol. The van der Waals surface area contributed by atoms with E-state index in [1.165, 1.54) is 0 Å². The molecular formula is C14H16ClNO4. The molecule has 6 heteroatoms. The minimum atomic E-state index is -1.44. The highest BCUT2D eigenvalue weighted by atomic mass is 35.5. The lowest BCUT2D eigenvalue weighted by Crippen LogP contribution is -2.37. The number of carboxylic acid groups (broad SMARTS) is 1. The van der Waals surface area contributed by atoms with Gasteiger partial charge >= 0.3 is 5.97 Å². The minimum Gasteiger partial charge on any atom is -0.479 e. The van der Waals surface area contributed by atoms with Gasteiger partial charge in [0.25, 0.3) is 0 Å². The molecular weight excluding hydrogens is 282 g/mol. The molecule has 5 nitrogen and oxygen atoms in total. The van der Waals surface area contributed by atoms with E-state index in [9.17, 15) is 9.59 Å². The second-order valence-corrected chi connectivity index (χ2v) is 5.42. The van der Waals surface area contributed by atoms with Gasteiger partial charge in [0.15, 0.2) is 6.10 Å². The van der Waals surface area contributed by atoms with Crippen LogP contribution in [0.4, 0.5) is 0 Å². The Morgan fingerprint density at radius 3 is 2.40 bits per heavy atom. The van der Waals surface area contributed by atoms with Crippen LogP contribution < -0.4 is 5.32 Å². The number of aliphatic hydroxyl groups excluding tert-OH is 1. The van der Waals surface area contributed by atoms with E-state index in [1.54, 1.807) is 12.1 Å². The fourth-order valence-electron chi connectivity index (χ4n) is 2.16. The van der Waals surface area contributed by atoms with Gasteiger partial charge in [-0.15, -0.1) is 0 Å². The quantitative estimate of drug-likeness (QED) is 0.739. The maximum absolute atomic E-state index is 12.2. The molecule has 0 radical (unpaired) electrons. The fraction of sp³-hybridized carbons (Fsp3) is 0.429. The van der Waals surface area contributed by atoms with Gasteiger partial charge in [-0.25, -0.2) is 4.79 Å². The molecule has 20 heavy (non-hydrogen) atoms. The third kappa shape index (κ3) is 3.11. The van der Waals surface area contributed by atoms with E-state index in [0.717, 1.165) is 18.4 Å². The number of carbonyl (C=O) groups excluding carboxylic acids is 1. The van der Waals surface area contributed by atoms with Gasteiger partial charge in [0.1, 0.15) is 0 Å². The molecule has 0 heterocycles. The van der Waals surface area contributed by atoms with Crippen molar-refractivity contribution in [2.45, 2.75) is 30.8 Å². The molecule has 3 N–H and O–H groups in total. The van der Waals surface area contributed by atoms with Crippen molar-refractivity contribution in [1.29, 1.82) is 0 Å². The fourth-order valence-corrected chi connectivity index (χ4v) is 2.28. The van der Waals surface area contributed by atoms with Crippen LogP contribution in [0.25, 0.3) is 0 Å². The summed E-state index contributed by atoms with van der Waals surface area (Å²) >= 11 is 5.83. The number of benzene rings is 1. The van der Waals surface area contributed by atoms with Gasteiger partial charge < -0.3 is 15.5 Å². The number of carbonyl (C=O) groups is 2. The van der Waals surface area contributed by atoms with Crippen molar-refractivity contribution in [2.75, 3.05) is 6.54 Å². The molecule has 1 unspecified atom stereocenters. The highest BCUT2D eigenvalue weighted by molar-refractivity contribution is 6.30. The van der Waals surface area contributed by atoms with Crippen molar-refractivity contribution >= 4 is 23.5 Å². The van der Waals surface area contributed by atoms with Crippen LogP contribution in [0.3, 0.4) is 0 Å². The maximum atomic E-state index is 12.2. The van der Waals surface area contributed by atoms with Crippen molar-refractivity contribution in [3.05, 3.63) is 34.9 Å². The van der Waals surface area contributed by atoms with Crippen molar-refractivity contribution in [1.82, 2.24) is 5.32 Å². The molecule has 1 saturated carbocycles. The predicted molar refractivity (Wildman–Crippen MR) is 73.6 cm³/mol. The molecule has 0 saturated heterocycles. The first-order valence-electron chi connectivity index (χ1n) is 6.41. The Bertz CT molecular complexity index is 510. The number of hydrogen-bond donors (Lipinski definition) is 3. The molecule has 2 rings (SSSR count). The van der Waals surface area contributed by atoms with Crippen LogP contribution in [0.1, 0.15) is 24.8 Å². The monoisotopic (exact) mass is 297 g/mol. The maximum Gasteiger partial charge on any atom is 0.332 e. The minimum absolute atomic E-state index is 0.00221. The Morgan fingerprint density at radius 1 is 1.30 bits per heavy atom. The van der Waals surface area contributed by atoms with Crippen molar-refractivity contribution in [2.24, 2.45) is 0 Å². The highest BCUT2D eigenvalue weighted by Gasteiger charge is 2.50. The first kappa shape index (κ1) is 14.8. The van der Waals surface area contributed by atoms with Crippen LogP contribution in [0.5, 0.6) is 0 Å². The third-order valence-corrected chi connectivity index (χ3v) is 3.82. The summed E-state index contributed by atoms with van der Waals surface area (Å²) in [5, 5.41) is 21.0. The Kier molecular flexibility index (Phi) is 4.30. The number of aliphatic carboxylic acids is 1. The summed E-state index contributed by atoms with van der Waals surface area (Å²) in [6.45, 7) is 0.141. The van der Waals surface area contributed by atoms with E-state index < -0.39 is 17.5 Å². The molecule has 0 bridgehead atoms. The normalized spacial score (nSPS) is 17.3. The van der Waals surface area contributed by atoms with E-state index in [1.807, 2.05) is 12.1 Å². The summed E-state index contributed by atoms with van der Waals surface area (Å²) in [7, 11) is 0. The molecule has 1 atom stereocenters. The zero-order valence-corrected chi connectivity index (χ0v) is 11.6. The van der Waals surface area contributed by atoms with Gasteiger partial charge in [-0.05, 0) is 30.5 Å². The largest absolute Gasteiger partial charge is 0.479 e. The Labute approximate surface area is 121 Å². The number of carboxylic acids is 1. The molecule has 1 aromatic carbocycles. The van der Waals surface area contributed by atoms with Crippen molar-refractivity contribution in [3.8, 4) is 0 Å². The molecule has 0 aliphatic heterocycles. The van der Waals surface area contributed by atoms with E-state index >= 15 is 0 Å². The first-order chi connectivity index (χ1) is 9.45. The predicted octanol–water partition coefficient (Wildman–Crippen LogP) is 1.32. The molecule has 108 valence electrons. The number of amides is 1. The second-order valence-electron chi connectivity index (χ2n) is 4.99. The topological polar surface area (TPSA) is 86.6 Å². The lowest BCUT2D eigenvalue weighted by Gasteiger charge is -2.16. The standard InChI is InChI=1S/C14H16ClNO4/c15-10-3-1-9(2-4-10)14(6-7-14)13(20)16-8-5-11(17)12(18)19/h1-4,11,17H,5-8H2,(H,16,20)(H,18,19). The van der Waals surface area contributed by atoms with Crippen LogP contribution in [-0.2, 0) is 15.0 Å². The summed E-state index contributed by atoms with van der Waals surface area (Å²) in [5.74, 6) is -1.41. The summed E-state index contributed by atoms with van der Waals surface area (Å²) in [5.41, 5.74) is 0.400. The smallest absolute Gasteiger partial charge is 0.332 e. The van der Waals surface area contributed by atoms with Crippen LogP contribution >= 0.6 is 11.6 Å².